The molecule has 24 heavy (non-hydrogen) atoms. The van der Waals surface area contributed by atoms with Gasteiger partial charge in [0.25, 0.3) is 5.91 Å². The fourth-order valence-corrected chi connectivity index (χ4v) is 2.39. The number of rotatable bonds is 7. The molecule has 0 atom stereocenters. The van der Waals surface area contributed by atoms with E-state index in [9.17, 15) is 4.79 Å². The van der Waals surface area contributed by atoms with E-state index in [1.807, 2.05) is 58.3 Å². The average molecular weight is 326 g/mol. The highest BCUT2D eigenvalue weighted by atomic mass is 16.5. The molecule has 0 radical (unpaired) electrons. The molecule has 0 aliphatic rings. The molecular formula is C20H26N2O2. The Labute approximate surface area is 144 Å². The molecule has 0 saturated heterocycles. The van der Waals surface area contributed by atoms with Crippen LogP contribution in [0.25, 0.3) is 0 Å². The Kier molecular flexibility index (Phi) is 6.38. The van der Waals surface area contributed by atoms with E-state index in [4.69, 9.17) is 4.74 Å². The fraction of sp³-hybridized carbons (Fsp3) is 0.350. The number of carbonyl (C=O) groups is 1. The van der Waals surface area contributed by atoms with Crippen molar-refractivity contribution in [3.63, 3.8) is 0 Å². The van der Waals surface area contributed by atoms with Crippen molar-refractivity contribution in [2.45, 2.75) is 26.9 Å². The maximum atomic E-state index is 12.0. The molecule has 0 aliphatic heterocycles. The van der Waals surface area contributed by atoms with Crippen molar-refractivity contribution < 1.29 is 9.53 Å². The van der Waals surface area contributed by atoms with Crippen LogP contribution in [0.15, 0.2) is 42.5 Å². The highest BCUT2D eigenvalue weighted by Gasteiger charge is 2.05. The molecule has 0 aromatic heterocycles. The molecule has 0 unspecified atom stereocenters. The van der Waals surface area contributed by atoms with Crippen LogP contribution in [0.4, 0.5) is 0 Å². The highest BCUT2D eigenvalue weighted by molar-refractivity contribution is 5.77. The Morgan fingerprint density at radius 3 is 2.38 bits per heavy atom. The van der Waals surface area contributed by atoms with Gasteiger partial charge in [-0.2, -0.15) is 0 Å². The quantitative estimate of drug-likeness (QED) is 0.850. The summed E-state index contributed by atoms with van der Waals surface area (Å²) in [5, 5.41) is 2.89. The number of amides is 1. The first-order chi connectivity index (χ1) is 11.4. The van der Waals surface area contributed by atoms with Crippen molar-refractivity contribution >= 4 is 5.91 Å². The Hall–Kier alpha value is -2.33. The third-order valence-electron chi connectivity index (χ3n) is 3.71. The van der Waals surface area contributed by atoms with E-state index in [-0.39, 0.29) is 12.5 Å². The van der Waals surface area contributed by atoms with E-state index in [2.05, 4.69) is 22.3 Å². The minimum atomic E-state index is -0.117. The number of nitrogens with zero attached hydrogens (tertiary/aromatic N) is 1. The summed E-state index contributed by atoms with van der Waals surface area (Å²) in [4.78, 5) is 14.1. The maximum absolute atomic E-state index is 12.0. The van der Waals surface area contributed by atoms with Gasteiger partial charge in [-0.25, -0.2) is 0 Å². The summed E-state index contributed by atoms with van der Waals surface area (Å²) in [6.45, 7) is 5.44. The zero-order valence-corrected chi connectivity index (χ0v) is 14.9. The molecule has 2 rings (SSSR count). The third kappa shape index (κ3) is 5.70. The van der Waals surface area contributed by atoms with Gasteiger partial charge in [-0.05, 0) is 56.3 Å². The molecule has 0 aliphatic carbocycles. The molecule has 4 nitrogen and oxygen atoms in total. The van der Waals surface area contributed by atoms with Crippen molar-refractivity contribution in [2.24, 2.45) is 0 Å². The monoisotopic (exact) mass is 326 g/mol. The predicted molar refractivity (Wildman–Crippen MR) is 97.1 cm³/mol. The van der Waals surface area contributed by atoms with E-state index in [0.29, 0.717) is 6.54 Å². The molecule has 2 aromatic rings. The number of ether oxygens (including phenoxy) is 1. The Bertz CT molecular complexity index is 679. The van der Waals surface area contributed by atoms with Gasteiger partial charge in [0.05, 0.1) is 0 Å². The van der Waals surface area contributed by atoms with E-state index >= 15 is 0 Å². The highest BCUT2D eigenvalue weighted by Crippen LogP contribution is 2.18. The van der Waals surface area contributed by atoms with Crippen LogP contribution in [-0.4, -0.2) is 31.5 Å². The minimum Gasteiger partial charge on any atom is -0.483 e. The largest absolute Gasteiger partial charge is 0.483 e. The zero-order valence-electron chi connectivity index (χ0n) is 14.9. The number of nitrogens with one attached hydrogen (secondary N) is 1. The predicted octanol–water partition coefficient (Wildman–Crippen LogP) is 3.06. The Morgan fingerprint density at radius 1 is 1.04 bits per heavy atom. The van der Waals surface area contributed by atoms with Gasteiger partial charge in [0.15, 0.2) is 6.61 Å². The Morgan fingerprint density at radius 2 is 1.71 bits per heavy atom. The summed E-state index contributed by atoms with van der Waals surface area (Å²) >= 11 is 0. The second-order valence-corrected chi connectivity index (χ2v) is 6.39. The maximum Gasteiger partial charge on any atom is 0.258 e. The van der Waals surface area contributed by atoms with Crippen molar-refractivity contribution in [3.05, 3.63) is 64.7 Å². The fourth-order valence-electron chi connectivity index (χ4n) is 2.39. The first kappa shape index (κ1) is 18.0. The van der Waals surface area contributed by atoms with E-state index in [0.717, 1.165) is 29.0 Å². The molecule has 0 fully saturated rings. The van der Waals surface area contributed by atoms with Crippen molar-refractivity contribution in [1.82, 2.24) is 10.2 Å². The third-order valence-corrected chi connectivity index (χ3v) is 3.71. The number of carbonyl (C=O) groups excluding carboxylic acids is 1. The second-order valence-electron chi connectivity index (χ2n) is 6.39. The molecular weight excluding hydrogens is 300 g/mol. The van der Waals surface area contributed by atoms with Gasteiger partial charge >= 0.3 is 0 Å². The molecule has 1 amide bonds. The number of benzene rings is 2. The van der Waals surface area contributed by atoms with Crippen LogP contribution < -0.4 is 10.1 Å². The van der Waals surface area contributed by atoms with Gasteiger partial charge in [-0.1, -0.05) is 36.4 Å². The van der Waals surface area contributed by atoms with Crippen molar-refractivity contribution in [2.75, 3.05) is 20.7 Å². The lowest BCUT2D eigenvalue weighted by Gasteiger charge is -2.11. The normalized spacial score (nSPS) is 10.7. The summed E-state index contributed by atoms with van der Waals surface area (Å²) in [5.41, 5.74) is 4.49. The molecule has 0 bridgehead atoms. The van der Waals surface area contributed by atoms with Crippen molar-refractivity contribution in [1.29, 1.82) is 0 Å². The van der Waals surface area contributed by atoms with Gasteiger partial charge in [0, 0.05) is 13.1 Å². The lowest BCUT2D eigenvalue weighted by Crippen LogP contribution is -2.28. The molecule has 0 spiro atoms. The SMILES string of the molecule is Cc1ccc(C)c(OCC(=O)NCc2ccc(CN(C)C)cc2)c1. The summed E-state index contributed by atoms with van der Waals surface area (Å²) in [6, 6.07) is 14.3. The smallest absolute Gasteiger partial charge is 0.258 e. The molecule has 0 heterocycles. The average Bonchev–Trinajstić information content (AvgIpc) is 2.54. The summed E-state index contributed by atoms with van der Waals surface area (Å²) in [7, 11) is 4.09. The van der Waals surface area contributed by atoms with Crippen LogP contribution in [0.2, 0.25) is 0 Å². The zero-order chi connectivity index (χ0) is 17.5. The van der Waals surface area contributed by atoms with Crippen LogP contribution in [-0.2, 0) is 17.9 Å². The van der Waals surface area contributed by atoms with Crippen LogP contribution >= 0.6 is 0 Å². The minimum absolute atomic E-state index is 0.0308. The van der Waals surface area contributed by atoms with Crippen molar-refractivity contribution in [3.8, 4) is 5.75 Å². The lowest BCUT2D eigenvalue weighted by atomic mass is 10.1. The topological polar surface area (TPSA) is 41.6 Å². The molecule has 4 heteroatoms. The number of hydrogen-bond acceptors (Lipinski definition) is 3. The van der Waals surface area contributed by atoms with E-state index in [1.165, 1.54) is 5.56 Å². The van der Waals surface area contributed by atoms with E-state index in [1.54, 1.807) is 0 Å². The standard InChI is InChI=1S/C20H26N2O2/c1-15-5-6-16(2)19(11-15)24-14-20(23)21-12-17-7-9-18(10-8-17)13-22(3)4/h5-11H,12-14H2,1-4H3,(H,21,23). The van der Waals surface area contributed by atoms with E-state index < -0.39 is 0 Å². The van der Waals surface area contributed by atoms with Gasteiger partial charge in [-0.3, -0.25) is 4.79 Å². The second kappa shape index (κ2) is 8.50. The van der Waals surface area contributed by atoms with Gasteiger partial charge in [-0.15, -0.1) is 0 Å². The summed E-state index contributed by atoms with van der Waals surface area (Å²) in [6.07, 6.45) is 0. The molecule has 128 valence electrons. The number of hydrogen-bond donors (Lipinski definition) is 1. The van der Waals surface area contributed by atoms with Crippen LogP contribution in [0, 0.1) is 13.8 Å². The Balaban J connectivity index is 1.79. The summed E-state index contributed by atoms with van der Waals surface area (Å²) < 4.78 is 5.61. The van der Waals surface area contributed by atoms with Crippen LogP contribution in [0.1, 0.15) is 22.3 Å². The summed E-state index contributed by atoms with van der Waals surface area (Å²) in [5.74, 6) is 0.645. The van der Waals surface area contributed by atoms with Crippen LogP contribution in [0.3, 0.4) is 0 Å². The van der Waals surface area contributed by atoms with Gasteiger partial charge in [0.1, 0.15) is 5.75 Å². The first-order valence-electron chi connectivity index (χ1n) is 8.13. The number of aryl methyl sites for hydroxylation is 2. The molecule has 0 saturated carbocycles. The van der Waals surface area contributed by atoms with Crippen LogP contribution in [0.5, 0.6) is 5.75 Å². The molecule has 1 N–H and O–H groups in total. The van der Waals surface area contributed by atoms with Gasteiger partial charge in [0.2, 0.25) is 0 Å². The lowest BCUT2D eigenvalue weighted by molar-refractivity contribution is -0.123. The first-order valence-corrected chi connectivity index (χ1v) is 8.13. The molecule has 2 aromatic carbocycles. The van der Waals surface area contributed by atoms with Gasteiger partial charge < -0.3 is 15.0 Å².